The summed E-state index contributed by atoms with van der Waals surface area (Å²) in [6.45, 7) is -0.160. The second-order valence-electron chi connectivity index (χ2n) is 4.87. The highest BCUT2D eigenvalue weighted by atomic mass is 32.2. The summed E-state index contributed by atoms with van der Waals surface area (Å²) in [5.74, 6) is -7.05. The summed E-state index contributed by atoms with van der Waals surface area (Å²) in [4.78, 5) is 11.7. The van der Waals surface area contributed by atoms with Crippen molar-refractivity contribution >= 4 is 17.7 Å². The van der Waals surface area contributed by atoms with Crippen LogP contribution >= 0.6 is 11.8 Å². The Morgan fingerprint density at radius 1 is 1.19 bits per heavy atom. The second-order valence-corrected chi connectivity index (χ2v) is 6.09. The van der Waals surface area contributed by atoms with Crippen LogP contribution in [-0.2, 0) is 0 Å². The van der Waals surface area contributed by atoms with Crippen LogP contribution in [0.3, 0.4) is 0 Å². The molecule has 0 bridgehead atoms. The molecular formula is C13H13F4NO2S. The first-order chi connectivity index (χ1) is 9.84. The molecule has 0 spiro atoms. The van der Waals surface area contributed by atoms with E-state index >= 15 is 0 Å². The van der Waals surface area contributed by atoms with Crippen molar-refractivity contribution in [3.05, 3.63) is 34.9 Å². The topological polar surface area (TPSA) is 49.3 Å². The predicted molar refractivity (Wildman–Crippen MR) is 70.1 cm³/mol. The van der Waals surface area contributed by atoms with E-state index in [0.29, 0.717) is 18.9 Å². The lowest BCUT2D eigenvalue weighted by Gasteiger charge is -2.31. The number of nitrogens with one attached hydrogen (secondary N) is 1. The van der Waals surface area contributed by atoms with Crippen molar-refractivity contribution in [2.24, 2.45) is 0 Å². The summed E-state index contributed by atoms with van der Waals surface area (Å²) in [6.07, 6.45) is 0.902. The van der Waals surface area contributed by atoms with Crippen LogP contribution in [0.2, 0.25) is 0 Å². The number of aliphatic hydroxyl groups is 1. The highest BCUT2D eigenvalue weighted by Gasteiger charge is 2.31. The summed E-state index contributed by atoms with van der Waals surface area (Å²) in [7, 11) is 0. The summed E-state index contributed by atoms with van der Waals surface area (Å²) < 4.78 is 52.4. The van der Waals surface area contributed by atoms with Crippen molar-refractivity contribution in [2.45, 2.75) is 18.4 Å². The number of amides is 1. The maximum Gasteiger partial charge on any atom is 0.254 e. The molecule has 1 aliphatic rings. The van der Waals surface area contributed by atoms with Gasteiger partial charge in [-0.3, -0.25) is 4.79 Å². The number of carbonyl (C=O) groups excluding carboxylic acids is 1. The normalized spacial score (nSPS) is 17.6. The Labute approximate surface area is 122 Å². The van der Waals surface area contributed by atoms with Gasteiger partial charge in [0.25, 0.3) is 5.91 Å². The van der Waals surface area contributed by atoms with E-state index in [0.717, 1.165) is 11.5 Å². The first-order valence-electron chi connectivity index (χ1n) is 6.25. The highest BCUT2D eigenvalue weighted by Crippen LogP contribution is 2.26. The lowest BCUT2D eigenvalue weighted by atomic mass is 9.97. The van der Waals surface area contributed by atoms with Gasteiger partial charge < -0.3 is 10.4 Å². The van der Waals surface area contributed by atoms with Crippen LogP contribution in [0.15, 0.2) is 6.07 Å². The van der Waals surface area contributed by atoms with Gasteiger partial charge in [-0.1, -0.05) is 0 Å². The molecule has 2 N–H and O–H groups in total. The standard InChI is InChI=1S/C13H13F4NO2S/c14-8-5-7(9(15)11(17)10(8)16)12(19)18-6-13(20)1-3-21-4-2-13/h5,20H,1-4,6H2,(H,18,19). The SMILES string of the molecule is O=C(NCC1(O)CCSCC1)c1cc(F)c(F)c(F)c1F. The zero-order valence-electron chi connectivity index (χ0n) is 10.9. The molecule has 1 aromatic carbocycles. The average molecular weight is 323 g/mol. The number of halogens is 4. The molecule has 116 valence electrons. The number of thioether (sulfide) groups is 1. The number of hydrogen-bond donors (Lipinski definition) is 2. The van der Waals surface area contributed by atoms with Crippen molar-refractivity contribution < 1.29 is 27.5 Å². The Morgan fingerprint density at radius 3 is 2.43 bits per heavy atom. The molecule has 0 saturated carbocycles. The summed E-state index contributed by atoms with van der Waals surface area (Å²) >= 11 is 1.66. The van der Waals surface area contributed by atoms with E-state index in [4.69, 9.17) is 0 Å². The smallest absolute Gasteiger partial charge is 0.254 e. The van der Waals surface area contributed by atoms with Gasteiger partial charge in [0.1, 0.15) is 0 Å². The van der Waals surface area contributed by atoms with Gasteiger partial charge in [-0.05, 0) is 30.4 Å². The Kier molecular flexibility index (Phi) is 4.77. The monoisotopic (exact) mass is 323 g/mol. The fourth-order valence-electron chi connectivity index (χ4n) is 2.01. The number of benzene rings is 1. The van der Waals surface area contributed by atoms with Crippen molar-refractivity contribution in [3.63, 3.8) is 0 Å². The number of rotatable bonds is 3. The van der Waals surface area contributed by atoms with Gasteiger partial charge >= 0.3 is 0 Å². The molecule has 1 saturated heterocycles. The summed E-state index contributed by atoms with van der Waals surface area (Å²) in [5.41, 5.74) is -2.05. The minimum atomic E-state index is -2.03. The third-order valence-corrected chi connectivity index (χ3v) is 4.33. The van der Waals surface area contributed by atoms with Crippen LogP contribution in [-0.4, -0.2) is 34.7 Å². The van der Waals surface area contributed by atoms with Gasteiger partial charge in [-0.25, -0.2) is 17.6 Å². The summed E-state index contributed by atoms with van der Waals surface area (Å²) in [5, 5.41) is 12.4. The Morgan fingerprint density at radius 2 is 1.81 bits per heavy atom. The summed E-state index contributed by atoms with van der Waals surface area (Å²) in [6, 6.07) is 0.295. The first-order valence-corrected chi connectivity index (χ1v) is 7.41. The van der Waals surface area contributed by atoms with Gasteiger partial charge in [-0.15, -0.1) is 0 Å². The third kappa shape index (κ3) is 3.49. The minimum Gasteiger partial charge on any atom is -0.388 e. The van der Waals surface area contributed by atoms with E-state index in [-0.39, 0.29) is 6.54 Å². The Balaban J connectivity index is 2.10. The van der Waals surface area contributed by atoms with Crippen LogP contribution in [0.5, 0.6) is 0 Å². The minimum absolute atomic E-state index is 0.160. The molecular weight excluding hydrogens is 310 g/mol. The number of hydrogen-bond acceptors (Lipinski definition) is 3. The Bertz CT molecular complexity index is 562. The third-order valence-electron chi connectivity index (χ3n) is 3.35. The highest BCUT2D eigenvalue weighted by molar-refractivity contribution is 7.99. The van der Waals surface area contributed by atoms with E-state index in [1.807, 2.05) is 0 Å². The first kappa shape index (κ1) is 16.1. The molecule has 1 aliphatic heterocycles. The maximum atomic E-state index is 13.4. The largest absolute Gasteiger partial charge is 0.388 e. The Hall–Kier alpha value is -1.28. The van der Waals surface area contributed by atoms with Crippen molar-refractivity contribution in [1.82, 2.24) is 5.32 Å². The molecule has 1 fully saturated rings. The van der Waals surface area contributed by atoms with Crippen LogP contribution in [0.4, 0.5) is 17.6 Å². The van der Waals surface area contributed by atoms with E-state index in [1.165, 1.54) is 0 Å². The second kappa shape index (κ2) is 6.23. The molecule has 1 amide bonds. The number of carbonyl (C=O) groups is 1. The van der Waals surface area contributed by atoms with Crippen molar-refractivity contribution in [1.29, 1.82) is 0 Å². The lowest BCUT2D eigenvalue weighted by Crippen LogP contribution is -2.45. The van der Waals surface area contributed by atoms with Crippen molar-refractivity contribution in [3.8, 4) is 0 Å². The van der Waals surface area contributed by atoms with Gasteiger partial charge in [0, 0.05) is 6.54 Å². The molecule has 1 heterocycles. The molecule has 3 nitrogen and oxygen atoms in total. The quantitative estimate of drug-likeness (QED) is 0.509. The lowest BCUT2D eigenvalue weighted by molar-refractivity contribution is 0.0310. The molecule has 0 aromatic heterocycles. The fourth-order valence-corrected chi connectivity index (χ4v) is 3.26. The van der Waals surface area contributed by atoms with E-state index in [1.54, 1.807) is 11.8 Å². The fraction of sp³-hybridized carbons (Fsp3) is 0.462. The molecule has 0 aliphatic carbocycles. The van der Waals surface area contributed by atoms with Crippen LogP contribution in [0, 0.1) is 23.3 Å². The van der Waals surface area contributed by atoms with Crippen LogP contribution in [0.25, 0.3) is 0 Å². The molecule has 1 aromatic rings. The van der Waals surface area contributed by atoms with Crippen LogP contribution < -0.4 is 5.32 Å². The zero-order chi connectivity index (χ0) is 15.6. The van der Waals surface area contributed by atoms with Gasteiger partial charge in [0.2, 0.25) is 0 Å². The van der Waals surface area contributed by atoms with Gasteiger partial charge in [0.05, 0.1) is 11.2 Å². The predicted octanol–water partition coefficient (Wildman–Crippen LogP) is 2.23. The van der Waals surface area contributed by atoms with E-state index in [9.17, 15) is 27.5 Å². The van der Waals surface area contributed by atoms with Crippen molar-refractivity contribution in [2.75, 3.05) is 18.1 Å². The van der Waals surface area contributed by atoms with E-state index in [2.05, 4.69) is 5.32 Å². The van der Waals surface area contributed by atoms with Gasteiger partial charge in [-0.2, -0.15) is 11.8 Å². The average Bonchev–Trinajstić information content (AvgIpc) is 2.47. The van der Waals surface area contributed by atoms with Crippen LogP contribution in [0.1, 0.15) is 23.2 Å². The maximum absolute atomic E-state index is 13.4. The molecule has 0 radical (unpaired) electrons. The molecule has 21 heavy (non-hydrogen) atoms. The molecule has 2 rings (SSSR count). The van der Waals surface area contributed by atoms with E-state index < -0.39 is 40.3 Å². The van der Waals surface area contributed by atoms with Gasteiger partial charge in [0.15, 0.2) is 23.3 Å². The zero-order valence-corrected chi connectivity index (χ0v) is 11.7. The molecule has 0 unspecified atom stereocenters. The molecule has 0 atom stereocenters. The molecule has 8 heteroatoms.